The molecule has 1 aliphatic rings. The summed E-state index contributed by atoms with van der Waals surface area (Å²) in [5.74, 6) is 0.282. The van der Waals surface area contributed by atoms with Crippen molar-refractivity contribution in [1.82, 2.24) is 10.2 Å². The van der Waals surface area contributed by atoms with Gasteiger partial charge in [0.05, 0.1) is 11.4 Å². The number of amides is 1. The number of aromatic nitrogens is 2. The van der Waals surface area contributed by atoms with Crippen LogP contribution in [0.4, 0.5) is 5.69 Å². The number of hydrogen-bond acceptors (Lipinski definition) is 3. The molecule has 2 aromatic rings. The summed E-state index contributed by atoms with van der Waals surface area (Å²) >= 11 is 0. The Balaban J connectivity index is 1.99. The lowest BCUT2D eigenvalue weighted by Gasteiger charge is -2.22. The van der Waals surface area contributed by atoms with Gasteiger partial charge in [0, 0.05) is 30.6 Å². The van der Waals surface area contributed by atoms with E-state index >= 15 is 0 Å². The molecule has 23 heavy (non-hydrogen) atoms. The number of nitrogens with one attached hydrogen (secondary N) is 2. The molecule has 1 aliphatic heterocycles. The molecule has 1 amide bonds. The molecule has 2 heterocycles. The van der Waals surface area contributed by atoms with E-state index in [-0.39, 0.29) is 11.8 Å². The van der Waals surface area contributed by atoms with E-state index in [1.807, 2.05) is 44.2 Å². The van der Waals surface area contributed by atoms with E-state index in [0.717, 1.165) is 48.7 Å². The first-order valence-corrected chi connectivity index (χ1v) is 8.19. The normalized spacial score (nSPS) is 15.8. The Labute approximate surface area is 136 Å². The zero-order chi connectivity index (χ0) is 16.2. The van der Waals surface area contributed by atoms with Crippen molar-refractivity contribution in [2.24, 2.45) is 5.92 Å². The summed E-state index contributed by atoms with van der Waals surface area (Å²) in [7, 11) is 0. The lowest BCUT2D eigenvalue weighted by atomic mass is 9.94. The van der Waals surface area contributed by atoms with Crippen LogP contribution in [0, 0.1) is 5.92 Å². The molecule has 0 radical (unpaired) electrons. The summed E-state index contributed by atoms with van der Waals surface area (Å²) in [6.45, 7) is 5.29. The lowest BCUT2D eigenvalue weighted by molar-refractivity contribution is -0.118. The number of benzene rings is 1. The Hall–Kier alpha value is -2.14. The van der Waals surface area contributed by atoms with Crippen molar-refractivity contribution >= 4 is 11.6 Å². The molecule has 3 rings (SSSR count). The van der Waals surface area contributed by atoms with Crippen LogP contribution >= 0.6 is 0 Å². The fourth-order valence-electron chi connectivity index (χ4n) is 2.84. The van der Waals surface area contributed by atoms with E-state index in [9.17, 15) is 4.79 Å². The molecule has 0 saturated carbocycles. The average Bonchev–Trinajstić information content (AvgIpc) is 3.00. The summed E-state index contributed by atoms with van der Waals surface area (Å²) in [4.78, 5) is 12.3. The summed E-state index contributed by atoms with van der Waals surface area (Å²) in [6.07, 6.45) is 1.89. The highest BCUT2D eigenvalue weighted by Gasteiger charge is 2.25. The van der Waals surface area contributed by atoms with Crippen LogP contribution in [0.2, 0.25) is 0 Å². The maximum Gasteiger partial charge on any atom is 0.227 e. The Morgan fingerprint density at radius 2 is 1.96 bits per heavy atom. The van der Waals surface area contributed by atoms with Gasteiger partial charge in [0.15, 0.2) is 0 Å². The number of anilines is 1. The Kier molecular flexibility index (Phi) is 4.76. The molecule has 5 nitrogen and oxygen atoms in total. The Morgan fingerprint density at radius 3 is 2.61 bits per heavy atom. The van der Waals surface area contributed by atoms with Crippen molar-refractivity contribution in [2.45, 2.75) is 32.6 Å². The molecule has 1 saturated heterocycles. The van der Waals surface area contributed by atoms with Gasteiger partial charge in [-0.25, -0.2) is 0 Å². The predicted octanol–water partition coefficient (Wildman–Crippen LogP) is 3.57. The monoisotopic (exact) mass is 313 g/mol. The van der Waals surface area contributed by atoms with Crippen LogP contribution in [0.5, 0.6) is 0 Å². The van der Waals surface area contributed by atoms with Crippen LogP contribution < -0.4 is 5.32 Å². The van der Waals surface area contributed by atoms with Gasteiger partial charge in [-0.15, -0.1) is 0 Å². The highest BCUT2D eigenvalue weighted by Crippen LogP contribution is 2.36. The molecule has 0 atom stereocenters. The van der Waals surface area contributed by atoms with Crippen molar-refractivity contribution in [3.8, 4) is 11.3 Å². The molecule has 0 bridgehead atoms. The fourth-order valence-corrected chi connectivity index (χ4v) is 2.84. The summed E-state index contributed by atoms with van der Waals surface area (Å²) in [5, 5.41) is 10.7. The minimum absolute atomic E-state index is 0.0110. The molecule has 122 valence electrons. The molecular weight excluding hydrogens is 290 g/mol. The van der Waals surface area contributed by atoms with Gasteiger partial charge in [-0.05, 0) is 12.8 Å². The number of carbonyl (C=O) groups is 1. The van der Waals surface area contributed by atoms with Crippen molar-refractivity contribution in [3.63, 3.8) is 0 Å². The number of carbonyl (C=O) groups excluding carboxylic acids is 1. The second kappa shape index (κ2) is 6.96. The second-order valence-corrected chi connectivity index (χ2v) is 6.26. The van der Waals surface area contributed by atoms with Crippen LogP contribution in [0.15, 0.2) is 30.3 Å². The minimum Gasteiger partial charge on any atom is -0.381 e. The predicted molar refractivity (Wildman–Crippen MR) is 90.3 cm³/mol. The SMILES string of the molecule is CC(C)C(=O)Nc1c(-c2ccccc2)n[nH]c1C1CCOCC1. The first-order valence-electron chi connectivity index (χ1n) is 8.19. The van der Waals surface area contributed by atoms with Crippen molar-refractivity contribution in [3.05, 3.63) is 36.0 Å². The van der Waals surface area contributed by atoms with Gasteiger partial charge in [-0.2, -0.15) is 5.10 Å². The number of nitrogens with zero attached hydrogens (tertiary/aromatic N) is 1. The first-order chi connectivity index (χ1) is 11.2. The van der Waals surface area contributed by atoms with Gasteiger partial charge in [-0.1, -0.05) is 44.2 Å². The summed E-state index contributed by atoms with van der Waals surface area (Å²) < 4.78 is 5.45. The smallest absolute Gasteiger partial charge is 0.227 e. The van der Waals surface area contributed by atoms with Gasteiger partial charge in [-0.3, -0.25) is 9.89 Å². The van der Waals surface area contributed by atoms with Gasteiger partial charge in [0.25, 0.3) is 0 Å². The van der Waals surface area contributed by atoms with Gasteiger partial charge >= 0.3 is 0 Å². The maximum atomic E-state index is 12.3. The van der Waals surface area contributed by atoms with Crippen molar-refractivity contribution in [2.75, 3.05) is 18.5 Å². The largest absolute Gasteiger partial charge is 0.381 e. The zero-order valence-electron chi connectivity index (χ0n) is 13.6. The standard InChI is InChI=1S/C18H23N3O2/c1-12(2)18(22)19-17-15(13-6-4-3-5-7-13)20-21-16(17)14-8-10-23-11-9-14/h3-7,12,14H,8-11H2,1-2H3,(H,19,22)(H,20,21). The van der Waals surface area contributed by atoms with E-state index in [1.54, 1.807) is 0 Å². The molecule has 1 aromatic carbocycles. The third-order valence-electron chi connectivity index (χ3n) is 4.24. The minimum atomic E-state index is -0.0731. The van der Waals surface area contributed by atoms with Crippen molar-refractivity contribution < 1.29 is 9.53 Å². The summed E-state index contributed by atoms with van der Waals surface area (Å²) in [5.41, 5.74) is 3.64. The molecule has 0 aliphatic carbocycles. The van der Waals surface area contributed by atoms with E-state index in [0.29, 0.717) is 5.92 Å². The number of H-pyrrole nitrogens is 1. The van der Waals surface area contributed by atoms with E-state index in [1.165, 1.54) is 0 Å². The third kappa shape index (κ3) is 3.45. The van der Waals surface area contributed by atoms with Crippen LogP contribution in [-0.2, 0) is 9.53 Å². The second-order valence-electron chi connectivity index (χ2n) is 6.26. The fraction of sp³-hybridized carbons (Fsp3) is 0.444. The van der Waals surface area contributed by atoms with Gasteiger partial charge in [0.1, 0.15) is 5.69 Å². The molecule has 0 spiro atoms. The Morgan fingerprint density at radius 1 is 1.26 bits per heavy atom. The van der Waals surface area contributed by atoms with Crippen LogP contribution in [0.1, 0.15) is 38.3 Å². The number of aromatic amines is 1. The van der Waals surface area contributed by atoms with Crippen LogP contribution in [-0.4, -0.2) is 29.3 Å². The van der Waals surface area contributed by atoms with Crippen LogP contribution in [0.3, 0.4) is 0 Å². The molecule has 1 aromatic heterocycles. The molecule has 0 unspecified atom stereocenters. The molecular formula is C18H23N3O2. The van der Waals surface area contributed by atoms with Crippen LogP contribution in [0.25, 0.3) is 11.3 Å². The maximum absolute atomic E-state index is 12.3. The van der Waals surface area contributed by atoms with E-state index < -0.39 is 0 Å². The highest BCUT2D eigenvalue weighted by molar-refractivity contribution is 5.96. The van der Waals surface area contributed by atoms with E-state index in [4.69, 9.17) is 4.74 Å². The van der Waals surface area contributed by atoms with Crippen molar-refractivity contribution in [1.29, 1.82) is 0 Å². The quantitative estimate of drug-likeness (QED) is 0.907. The van der Waals surface area contributed by atoms with E-state index in [2.05, 4.69) is 15.5 Å². The number of hydrogen-bond donors (Lipinski definition) is 2. The van der Waals surface area contributed by atoms with Gasteiger partial charge in [0.2, 0.25) is 5.91 Å². The number of rotatable bonds is 4. The summed E-state index contributed by atoms with van der Waals surface area (Å²) in [6, 6.07) is 9.95. The first kappa shape index (κ1) is 15.7. The molecule has 5 heteroatoms. The zero-order valence-corrected chi connectivity index (χ0v) is 13.6. The lowest BCUT2D eigenvalue weighted by Crippen LogP contribution is -2.21. The topological polar surface area (TPSA) is 67.0 Å². The highest BCUT2D eigenvalue weighted by atomic mass is 16.5. The van der Waals surface area contributed by atoms with Gasteiger partial charge < -0.3 is 10.1 Å². The average molecular weight is 313 g/mol. The molecule has 1 fully saturated rings. The Bertz CT molecular complexity index is 658. The molecule has 2 N–H and O–H groups in total. The third-order valence-corrected chi connectivity index (χ3v) is 4.24. The number of ether oxygens (including phenoxy) is 1.